The lowest BCUT2D eigenvalue weighted by Crippen LogP contribution is -2.60. The minimum atomic E-state index is -1.09. The molecule has 1 heterocycles. The van der Waals surface area contributed by atoms with E-state index in [1.807, 2.05) is 0 Å². The van der Waals surface area contributed by atoms with Crippen molar-refractivity contribution in [2.75, 3.05) is 26.7 Å². The van der Waals surface area contributed by atoms with Crippen LogP contribution in [0, 0.1) is 56.7 Å². The Labute approximate surface area is 287 Å². The van der Waals surface area contributed by atoms with Crippen molar-refractivity contribution in [3.8, 4) is 0 Å². The van der Waals surface area contributed by atoms with Gasteiger partial charge in [-0.1, -0.05) is 48.5 Å². The van der Waals surface area contributed by atoms with Crippen molar-refractivity contribution in [3.63, 3.8) is 0 Å². The summed E-state index contributed by atoms with van der Waals surface area (Å²) >= 11 is 0. The van der Waals surface area contributed by atoms with Crippen LogP contribution in [0.5, 0.6) is 0 Å². The van der Waals surface area contributed by atoms with Gasteiger partial charge in [0, 0.05) is 31.0 Å². The van der Waals surface area contributed by atoms with Crippen LogP contribution in [0.15, 0.2) is 0 Å². The summed E-state index contributed by atoms with van der Waals surface area (Å²) in [4.78, 5) is 38.0. The average Bonchev–Trinajstić information content (AvgIpc) is 3.61. The molecule has 0 bridgehead atoms. The monoisotopic (exact) mass is 674 g/mol. The largest absolute Gasteiger partial charge is 0.480 e. The number of carboxylic acids is 1. The third kappa shape index (κ3) is 5.19. The number of rotatable bonds is 10. The van der Waals surface area contributed by atoms with Gasteiger partial charge >= 0.3 is 18.2 Å². The number of nitrogens with one attached hydrogen (secondary N) is 1. The van der Waals surface area contributed by atoms with Gasteiger partial charge in [0.2, 0.25) is 0 Å². The van der Waals surface area contributed by atoms with Crippen molar-refractivity contribution in [1.82, 2.24) is 10.2 Å². The fraction of sp³-hybridized carbons (Fsp3) is 0.921. The summed E-state index contributed by atoms with van der Waals surface area (Å²) in [6.45, 7) is 17.0. The zero-order valence-electron chi connectivity index (χ0n) is 30.7. The van der Waals surface area contributed by atoms with Crippen molar-refractivity contribution in [2.45, 2.75) is 137 Å². The number of carbonyl (C=O) groups is 3. The Hall–Kier alpha value is -2.07. The second-order valence-corrected chi connectivity index (χ2v) is 18.2. The van der Waals surface area contributed by atoms with Crippen LogP contribution in [0.3, 0.4) is 0 Å². The van der Waals surface area contributed by atoms with E-state index in [2.05, 4.69) is 53.8 Å². The highest BCUT2D eigenvalue weighted by Gasteiger charge is 2.83. The van der Waals surface area contributed by atoms with Crippen LogP contribution in [-0.4, -0.2) is 84.4 Å². The molecule has 272 valence electrons. The van der Waals surface area contributed by atoms with Crippen LogP contribution >= 0.6 is 0 Å². The molecule has 1 aliphatic heterocycles. The lowest BCUT2D eigenvalue weighted by Gasteiger charge is -2.63. The number of hydrogen-bond acceptors (Lipinski definition) is 7. The predicted molar refractivity (Wildman–Crippen MR) is 180 cm³/mol. The molecule has 10 nitrogen and oxygen atoms in total. The Morgan fingerprint density at radius 2 is 1.62 bits per heavy atom. The maximum absolute atomic E-state index is 12.8. The molecule has 6 aliphatic rings. The molecule has 48 heavy (non-hydrogen) atoms. The number of nitrogens with zero attached hydrogens (tertiary/aromatic N) is 1. The van der Waals surface area contributed by atoms with Crippen LogP contribution in [0.1, 0.15) is 113 Å². The average molecular weight is 675 g/mol. The van der Waals surface area contributed by atoms with E-state index in [1.54, 1.807) is 12.0 Å². The van der Waals surface area contributed by atoms with Gasteiger partial charge in [-0.05, 0) is 110 Å². The van der Waals surface area contributed by atoms with Gasteiger partial charge in [-0.2, -0.15) is 0 Å². The van der Waals surface area contributed by atoms with Gasteiger partial charge in [0.1, 0.15) is 18.8 Å². The third-order valence-electron chi connectivity index (χ3n) is 15.8. The molecule has 3 N–H and O–H groups in total. The molecule has 5 saturated carbocycles. The van der Waals surface area contributed by atoms with Crippen LogP contribution in [-0.2, 0) is 19.0 Å². The number of alkyl carbamates (subject to hydrolysis) is 1. The lowest BCUT2D eigenvalue weighted by molar-refractivity contribution is -0.182. The fourth-order valence-electron chi connectivity index (χ4n) is 13.0. The highest BCUT2D eigenvalue weighted by Crippen LogP contribution is 2.89. The van der Waals surface area contributed by atoms with Crippen LogP contribution in [0.4, 0.5) is 9.59 Å². The fourth-order valence-corrected chi connectivity index (χ4v) is 13.0. The van der Waals surface area contributed by atoms with E-state index >= 15 is 0 Å². The van der Waals surface area contributed by atoms with Crippen LogP contribution < -0.4 is 5.32 Å². The van der Waals surface area contributed by atoms with Crippen molar-refractivity contribution in [2.24, 2.45) is 56.7 Å². The Bertz CT molecular complexity index is 1270. The van der Waals surface area contributed by atoms with Crippen molar-refractivity contribution >= 4 is 18.2 Å². The molecule has 2 amide bonds. The number of fused-ring (bicyclic) bond motifs is 2. The maximum Gasteiger partial charge on any atom is 0.410 e. The topological polar surface area (TPSA) is 135 Å². The van der Waals surface area contributed by atoms with E-state index in [0.717, 1.165) is 64.5 Å². The number of aliphatic hydroxyl groups excluding tert-OH is 1. The molecule has 0 aromatic rings. The summed E-state index contributed by atoms with van der Waals surface area (Å²) in [5, 5.41) is 23.5. The lowest BCUT2D eigenvalue weighted by atomic mass is 9.41. The first-order valence-corrected chi connectivity index (χ1v) is 18.8. The summed E-state index contributed by atoms with van der Waals surface area (Å²) < 4.78 is 18.0. The zero-order valence-corrected chi connectivity index (χ0v) is 30.7. The summed E-state index contributed by atoms with van der Waals surface area (Å²) in [6.07, 6.45) is 7.95. The van der Waals surface area contributed by atoms with Crippen LogP contribution in [0.25, 0.3) is 0 Å². The van der Waals surface area contributed by atoms with E-state index < -0.39 is 18.6 Å². The van der Waals surface area contributed by atoms with E-state index in [4.69, 9.17) is 19.3 Å². The Balaban J connectivity index is 1.18. The first-order chi connectivity index (χ1) is 22.5. The van der Waals surface area contributed by atoms with Crippen molar-refractivity contribution in [3.05, 3.63) is 0 Å². The van der Waals surface area contributed by atoms with Gasteiger partial charge < -0.3 is 34.6 Å². The molecule has 10 heteroatoms. The summed E-state index contributed by atoms with van der Waals surface area (Å²) in [5.74, 6) is 0.529. The summed E-state index contributed by atoms with van der Waals surface area (Å²) in [7, 11) is 1.73. The standard InChI is InChI=1S/C38H62N2O8/c1-22(2)31(48-33(45)40-16-9-17-40)25(46-8)18-23(3)24-19-28(41)36(7)27-11-10-26-34(4,5)29(47-32(44)39-20-30(42)43)12-13-37(26)21-38(27,37)15-14-35(24,36)6/h22-29,31,41H,9-21H2,1-8H3,(H,39,44)(H,42,43)/t23-,24-,25?,26+,27?,28+,29+,31-,35-,36-,37-,38+/m1/s1. The molecule has 0 aromatic carbocycles. The molecule has 5 aliphatic carbocycles. The smallest absolute Gasteiger partial charge is 0.410 e. The number of methoxy groups -OCH3 is 1. The zero-order chi connectivity index (χ0) is 35.0. The van der Waals surface area contributed by atoms with Gasteiger partial charge in [0.15, 0.2) is 0 Å². The number of likely N-dealkylation sites (tertiary alicyclic amines) is 1. The van der Waals surface area contributed by atoms with Crippen molar-refractivity contribution < 1.29 is 38.8 Å². The summed E-state index contributed by atoms with van der Waals surface area (Å²) in [6, 6.07) is 0. The predicted octanol–water partition coefficient (Wildman–Crippen LogP) is 6.48. The minimum absolute atomic E-state index is 0.0175. The molecule has 1 saturated heterocycles. The Morgan fingerprint density at radius 1 is 0.958 bits per heavy atom. The highest BCUT2D eigenvalue weighted by molar-refractivity contribution is 5.76. The minimum Gasteiger partial charge on any atom is -0.480 e. The molecule has 0 radical (unpaired) electrons. The number of amides is 2. The molecular formula is C38H62N2O8. The van der Waals surface area contributed by atoms with E-state index in [9.17, 15) is 19.5 Å². The van der Waals surface area contributed by atoms with Gasteiger partial charge in [-0.3, -0.25) is 4.79 Å². The second-order valence-electron chi connectivity index (χ2n) is 18.2. The Kier molecular flexibility index (Phi) is 9.17. The molecule has 2 spiro atoms. The SMILES string of the molecule is COC(C[C@@H](C)[C@H]1C[C@H](O)[C@@]2(C)C3CC[C@H]4C(C)(C)[C@@H](OC(=O)NCC(=O)O)CC[C@@]45C[C@@]35CC[C@]12C)[C@H](OC(=O)N1CCC1)C(C)C. The van der Waals surface area contributed by atoms with Gasteiger partial charge in [0.25, 0.3) is 0 Å². The van der Waals surface area contributed by atoms with Crippen molar-refractivity contribution in [1.29, 1.82) is 0 Å². The normalized spacial score (nSPS) is 42.5. The van der Waals surface area contributed by atoms with Gasteiger partial charge in [0.05, 0.1) is 12.2 Å². The molecule has 12 atom stereocenters. The van der Waals surface area contributed by atoms with Crippen LogP contribution in [0.2, 0.25) is 0 Å². The molecule has 2 unspecified atom stereocenters. The van der Waals surface area contributed by atoms with E-state index in [0.29, 0.717) is 17.8 Å². The maximum atomic E-state index is 12.8. The molecular weight excluding hydrogens is 612 g/mol. The third-order valence-corrected chi connectivity index (χ3v) is 15.8. The molecule has 6 rings (SSSR count). The number of aliphatic carboxylic acids is 1. The van der Waals surface area contributed by atoms with E-state index in [1.165, 1.54) is 12.8 Å². The quantitative estimate of drug-likeness (QED) is 0.240. The number of hydrogen-bond donors (Lipinski definition) is 3. The number of aliphatic hydroxyl groups is 1. The van der Waals surface area contributed by atoms with Gasteiger partial charge in [-0.25, -0.2) is 9.59 Å². The second kappa shape index (κ2) is 12.3. The summed E-state index contributed by atoms with van der Waals surface area (Å²) in [5.41, 5.74) is -0.0226. The molecule has 6 fully saturated rings. The number of ether oxygens (including phenoxy) is 3. The first-order valence-electron chi connectivity index (χ1n) is 18.8. The molecule has 0 aromatic heterocycles. The number of carbonyl (C=O) groups excluding carboxylic acids is 2. The van der Waals surface area contributed by atoms with Gasteiger partial charge in [-0.15, -0.1) is 0 Å². The first kappa shape index (κ1) is 35.7. The Morgan fingerprint density at radius 3 is 2.23 bits per heavy atom. The highest BCUT2D eigenvalue weighted by atomic mass is 16.6. The number of carboxylic acid groups (broad SMARTS) is 1. The van der Waals surface area contributed by atoms with E-state index in [-0.39, 0.29) is 69.4 Å².